The third-order valence-corrected chi connectivity index (χ3v) is 2.04. The average Bonchev–Trinajstić information content (AvgIpc) is 1.63. The molecule has 0 heterocycles. The molecule has 9 heavy (non-hydrogen) atoms. The summed E-state index contributed by atoms with van der Waals surface area (Å²) in [6.45, 7) is 6.29. The monoisotopic (exact) mass is 148 g/mol. The standard InChI is InChI=1S/C6H16N2S/c1-5(2)9-8(4)6(3)7/h5-6H,7H2,1-4H3. The van der Waals surface area contributed by atoms with E-state index in [4.69, 9.17) is 5.73 Å². The predicted molar refractivity (Wildman–Crippen MR) is 44.1 cm³/mol. The zero-order chi connectivity index (χ0) is 7.44. The van der Waals surface area contributed by atoms with Crippen LogP contribution in [0.15, 0.2) is 0 Å². The van der Waals surface area contributed by atoms with Gasteiger partial charge in [-0.1, -0.05) is 25.8 Å². The van der Waals surface area contributed by atoms with Gasteiger partial charge in [-0.15, -0.1) is 0 Å². The minimum Gasteiger partial charge on any atom is -0.315 e. The Kier molecular flexibility index (Phi) is 4.27. The van der Waals surface area contributed by atoms with Crippen LogP contribution >= 0.6 is 11.9 Å². The van der Waals surface area contributed by atoms with E-state index < -0.39 is 0 Å². The Hall–Kier alpha value is 0.270. The fourth-order valence-electron chi connectivity index (χ4n) is 0.429. The number of nitrogens with two attached hydrogens (primary N) is 1. The highest BCUT2D eigenvalue weighted by Gasteiger charge is 2.04. The van der Waals surface area contributed by atoms with E-state index in [1.54, 1.807) is 11.9 Å². The molecule has 0 saturated carbocycles. The molecule has 0 saturated heterocycles. The minimum absolute atomic E-state index is 0.150. The lowest BCUT2D eigenvalue weighted by Crippen LogP contribution is -2.32. The van der Waals surface area contributed by atoms with Gasteiger partial charge in [0, 0.05) is 5.25 Å². The first-order chi connectivity index (χ1) is 4.04. The van der Waals surface area contributed by atoms with Crippen molar-refractivity contribution in [3.05, 3.63) is 0 Å². The highest BCUT2D eigenvalue weighted by Crippen LogP contribution is 2.14. The quantitative estimate of drug-likeness (QED) is 0.483. The first kappa shape index (κ1) is 9.27. The molecule has 0 aliphatic rings. The Morgan fingerprint density at radius 2 is 1.78 bits per heavy atom. The van der Waals surface area contributed by atoms with Crippen LogP contribution in [-0.4, -0.2) is 22.8 Å². The van der Waals surface area contributed by atoms with Crippen molar-refractivity contribution in [2.75, 3.05) is 7.05 Å². The number of nitrogens with zero attached hydrogens (tertiary/aromatic N) is 1. The molecular weight excluding hydrogens is 132 g/mol. The van der Waals surface area contributed by atoms with Gasteiger partial charge >= 0.3 is 0 Å². The zero-order valence-electron chi connectivity index (χ0n) is 6.59. The van der Waals surface area contributed by atoms with Crippen LogP contribution < -0.4 is 5.73 Å². The lowest BCUT2D eigenvalue weighted by Gasteiger charge is -2.21. The Bertz CT molecular complexity index is 73.5. The van der Waals surface area contributed by atoms with E-state index in [-0.39, 0.29) is 6.17 Å². The van der Waals surface area contributed by atoms with Crippen molar-refractivity contribution in [3.8, 4) is 0 Å². The fraction of sp³-hybridized carbons (Fsp3) is 1.00. The van der Waals surface area contributed by atoms with Crippen LogP contribution in [-0.2, 0) is 0 Å². The molecular formula is C6H16N2S. The summed E-state index contributed by atoms with van der Waals surface area (Å²) in [5.41, 5.74) is 5.59. The van der Waals surface area contributed by atoms with E-state index in [1.165, 1.54) is 0 Å². The predicted octanol–water partition coefficient (Wildman–Crippen LogP) is 1.28. The maximum Gasteiger partial charge on any atom is 0.0639 e. The summed E-state index contributed by atoms with van der Waals surface area (Å²) >= 11 is 1.77. The molecule has 0 bridgehead atoms. The molecule has 2 N–H and O–H groups in total. The van der Waals surface area contributed by atoms with Crippen LogP contribution in [0.2, 0.25) is 0 Å². The average molecular weight is 148 g/mol. The maximum absolute atomic E-state index is 5.59. The molecule has 3 heteroatoms. The molecule has 0 amide bonds. The van der Waals surface area contributed by atoms with Gasteiger partial charge in [0.25, 0.3) is 0 Å². The van der Waals surface area contributed by atoms with Crippen molar-refractivity contribution in [3.63, 3.8) is 0 Å². The molecule has 0 aliphatic carbocycles. The van der Waals surface area contributed by atoms with Gasteiger partial charge < -0.3 is 5.73 Å². The molecule has 0 aromatic heterocycles. The summed E-state index contributed by atoms with van der Waals surface area (Å²) in [5.74, 6) is 0. The molecule has 56 valence electrons. The van der Waals surface area contributed by atoms with Crippen LogP contribution in [0.25, 0.3) is 0 Å². The van der Waals surface area contributed by atoms with Gasteiger partial charge in [-0.05, 0) is 14.0 Å². The van der Waals surface area contributed by atoms with Gasteiger partial charge in [0.15, 0.2) is 0 Å². The van der Waals surface area contributed by atoms with Crippen molar-refractivity contribution in [1.29, 1.82) is 0 Å². The van der Waals surface area contributed by atoms with Crippen LogP contribution in [0.1, 0.15) is 20.8 Å². The molecule has 1 atom stereocenters. The zero-order valence-corrected chi connectivity index (χ0v) is 7.40. The van der Waals surface area contributed by atoms with Crippen LogP contribution in [0.4, 0.5) is 0 Å². The molecule has 0 spiro atoms. The van der Waals surface area contributed by atoms with E-state index in [2.05, 4.69) is 18.2 Å². The van der Waals surface area contributed by atoms with Crippen LogP contribution in [0.3, 0.4) is 0 Å². The molecule has 0 aromatic rings. The Labute approximate surface area is 61.9 Å². The van der Waals surface area contributed by atoms with E-state index in [9.17, 15) is 0 Å². The first-order valence-electron chi connectivity index (χ1n) is 3.19. The van der Waals surface area contributed by atoms with Crippen LogP contribution in [0, 0.1) is 0 Å². The molecule has 0 fully saturated rings. The van der Waals surface area contributed by atoms with E-state index in [1.807, 2.05) is 14.0 Å². The van der Waals surface area contributed by atoms with E-state index in [0.29, 0.717) is 5.25 Å². The minimum atomic E-state index is 0.150. The molecule has 0 radical (unpaired) electrons. The van der Waals surface area contributed by atoms with E-state index >= 15 is 0 Å². The highest BCUT2D eigenvalue weighted by atomic mass is 32.2. The maximum atomic E-state index is 5.59. The van der Waals surface area contributed by atoms with Gasteiger partial charge in [0.2, 0.25) is 0 Å². The summed E-state index contributed by atoms with van der Waals surface area (Å²) in [7, 11) is 2.01. The lowest BCUT2D eigenvalue weighted by molar-refractivity contribution is 0.448. The van der Waals surface area contributed by atoms with Crippen molar-refractivity contribution < 1.29 is 0 Å². The second-order valence-electron chi connectivity index (χ2n) is 2.44. The lowest BCUT2D eigenvalue weighted by atomic mass is 10.6. The van der Waals surface area contributed by atoms with Crippen molar-refractivity contribution in [1.82, 2.24) is 4.31 Å². The molecule has 0 aliphatic heterocycles. The Morgan fingerprint density at radius 1 is 1.33 bits per heavy atom. The fourth-order valence-corrected chi connectivity index (χ4v) is 1.29. The summed E-state index contributed by atoms with van der Waals surface area (Å²) in [5, 5.41) is 0.626. The smallest absolute Gasteiger partial charge is 0.0639 e. The van der Waals surface area contributed by atoms with Gasteiger partial charge in [0.1, 0.15) is 0 Å². The number of hydrogen-bond donors (Lipinski definition) is 1. The number of hydrogen-bond acceptors (Lipinski definition) is 3. The van der Waals surface area contributed by atoms with Crippen LogP contribution in [0.5, 0.6) is 0 Å². The molecule has 0 rings (SSSR count). The Balaban J connectivity index is 3.38. The van der Waals surface area contributed by atoms with Gasteiger partial charge in [-0.2, -0.15) is 0 Å². The molecule has 2 nitrogen and oxygen atoms in total. The number of rotatable bonds is 3. The molecule has 0 aromatic carbocycles. The third-order valence-electron chi connectivity index (χ3n) is 0.951. The second-order valence-corrected chi connectivity index (χ2v) is 4.17. The SMILES string of the molecule is CC(C)SN(C)C(C)N. The summed E-state index contributed by atoms with van der Waals surface area (Å²) in [6.07, 6.45) is 0.150. The Morgan fingerprint density at radius 3 is 1.89 bits per heavy atom. The largest absolute Gasteiger partial charge is 0.315 e. The second kappa shape index (κ2) is 4.14. The van der Waals surface area contributed by atoms with Crippen molar-refractivity contribution >= 4 is 11.9 Å². The van der Waals surface area contributed by atoms with Gasteiger partial charge in [0.05, 0.1) is 6.17 Å². The summed E-state index contributed by atoms with van der Waals surface area (Å²) in [4.78, 5) is 0. The van der Waals surface area contributed by atoms with Crippen molar-refractivity contribution in [2.24, 2.45) is 5.73 Å². The normalized spacial score (nSPS) is 15.0. The van der Waals surface area contributed by atoms with E-state index in [0.717, 1.165) is 0 Å². The van der Waals surface area contributed by atoms with Crippen molar-refractivity contribution in [2.45, 2.75) is 32.2 Å². The van der Waals surface area contributed by atoms with Gasteiger partial charge in [-0.3, -0.25) is 0 Å². The highest BCUT2D eigenvalue weighted by molar-refractivity contribution is 7.97. The molecule has 1 unspecified atom stereocenters. The van der Waals surface area contributed by atoms with Gasteiger partial charge in [-0.25, -0.2) is 4.31 Å². The third kappa shape index (κ3) is 4.75. The summed E-state index contributed by atoms with van der Waals surface area (Å²) in [6, 6.07) is 0. The summed E-state index contributed by atoms with van der Waals surface area (Å²) < 4.78 is 2.06. The topological polar surface area (TPSA) is 29.3 Å². The first-order valence-corrected chi connectivity index (χ1v) is 4.03.